The third-order valence-corrected chi connectivity index (χ3v) is 2.09. The van der Waals surface area contributed by atoms with Gasteiger partial charge in [0.05, 0.1) is 5.56 Å². The minimum absolute atomic E-state index is 0.141. The van der Waals surface area contributed by atoms with Crippen LogP contribution in [-0.2, 0) is 6.18 Å². The molecule has 5 heteroatoms. The highest BCUT2D eigenvalue weighted by molar-refractivity contribution is 9.09. The average molecular weight is 283 g/mol. The van der Waals surface area contributed by atoms with E-state index in [1.54, 1.807) is 6.08 Å². The largest absolute Gasteiger partial charge is 0.416 e. The second-order valence-electron chi connectivity index (χ2n) is 2.79. The van der Waals surface area contributed by atoms with E-state index in [1.807, 2.05) is 0 Å². The predicted molar refractivity (Wildman–Crippen MR) is 54.2 cm³/mol. The first-order valence-corrected chi connectivity index (χ1v) is 5.16. The fraction of sp³-hybridized carbons (Fsp3) is 0.200. The summed E-state index contributed by atoms with van der Waals surface area (Å²) < 4.78 is 49.6. The summed E-state index contributed by atoms with van der Waals surface area (Å²) in [6, 6.07) is 2.46. The summed E-state index contributed by atoms with van der Waals surface area (Å²) in [5.41, 5.74) is -0.835. The van der Waals surface area contributed by atoms with Gasteiger partial charge in [0.25, 0.3) is 0 Å². The minimum atomic E-state index is -4.50. The van der Waals surface area contributed by atoms with Crippen LogP contribution in [0.4, 0.5) is 17.6 Å². The summed E-state index contributed by atoms with van der Waals surface area (Å²) in [7, 11) is 0. The van der Waals surface area contributed by atoms with Crippen molar-refractivity contribution in [2.75, 3.05) is 5.33 Å². The Bertz CT molecular complexity index is 368. The van der Waals surface area contributed by atoms with Crippen molar-refractivity contribution < 1.29 is 17.6 Å². The van der Waals surface area contributed by atoms with Crippen LogP contribution in [-0.4, -0.2) is 5.33 Å². The summed E-state index contributed by atoms with van der Waals surface area (Å²) in [4.78, 5) is 0. The van der Waals surface area contributed by atoms with Gasteiger partial charge >= 0.3 is 6.18 Å². The molecule has 0 heterocycles. The van der Waals surface area contributed by atoms with E-state index in [1.165, 1.54) is 6.08 Å². The lowest BCUT2D eigenvalue weighted by Gasteiger charge is -2.07. The predicted octanol–water partition coefficient (Wildman–Crippen LogP) is 4.25. The third kappa shape index (κ3) is 3.34. The van der Waals surface area contributed by atoms with Crippen LogP contribution in [0.2, 0.25) is 0 Å². The van der Waals surface area contributed by atoms with Crippen LogP contribution in [0.5, 0.6) is 0 Å². The smallest absolute Gasteiger partial charge is 0.206 e. The van der Waals surface area contributed by atoms with Gasteiger partial charge in [-0.3, -0.25) is 0 Å². The zero-order chi connectivity index (χ0) is 11.5. The maximum Gasteiger partial charge on any atom is 0.416 e. The summed E-state index contributed by atoms with van der Waals surface area (Å²) in [5, 5.41) is 0.521. The summed E-state index contributed by atoms with van der Waals surface area (Å²) in [5.74, 6) is -0.873. The number of rotatable bonds is 2. The van der Waals surface area contributed by atoms with Crippen LogP contribution in [0.1, 0.15) is 11.1 Å². The van der Waals surface area contributed by atoms with Crippen LogP contribution in [0.25, 0.3) is 6.08 Å². The first-order chi connectivity index (χ1) is 6.95. The number of benzene rings is 1. The van der Waals surface area contributed by atoms with E-state index in [0.717, 1.165) is 12.1 Å². The lowest BCUT2D eigenvalue weighted by atomic mass is 10.1. The van der Waals surface area contributed by atoms with Crippen molar-refractivity contribution in [2.24, 2.45) is 0 Å². The molecule has 0 aliphatic carbocycles. The van der Waals surface area contributed by atoms with E-state index in [4.69, 9.17) is 0 Å². The first-order valence-electron chi connectivity index (χ1n) is 4.04. The molecule has 0 aliphatic rings. The topological polar surface area (TPSA) is 0 Å². The Kier molecular flexibility index (Phi) is 3.90. The van der Waals surface area contributed by atoms with E-state index in [-0.39, 0.29) is 5.56 Å². The summed E-state index contributed by atoms with van der Waals surface area (Å²) in [6.07, 6.45) is -1.48. The number of allylic oxidation sites excluding steroid dienone is 1. The molecule has 1 rings (SSSR count). The zero-order valence-electron chi connectivity index (χ0n) is 7.48. The molecule has 0 saturated carbocycles. The highest BCUT2D eigenvalue weighted by Crippen LogP contribution is 2.30. The number of hydrogen-bond acceptors (Lipinski definition) is 0. The quantitative estimate of drug-likeness (QED) is 0.562. The van der Waals surface area contributed by atoms with E-state index < -0.39 is 17.6 Å². The highest BCUT2D eigenvalue weighted by Gasteiger charge is 2.30. The van der Waals surface area contributed by atoms with Gasteiger partial charge in [0.2, 0.25) is 0 Å². The summed E-state index contributed by atoms with van der Waals surface area (Å²) in [6.45, 7) is 0. The molecular weight excluding hydrogens is 276 g/mol. The second-order valence-corrected chi connectivity index (χ2v) is 3.44. The Labute approximate surface area is 92.7 Å². The lowest BCUT2D eigenvalue weighted by molar-refractivity contribution is -0.137. The van der Waals surface area contributed by atoms with E-state index in [9.17, 15) is 17.6 Å². The third-order valence-electron chi connectivity index (χ3n) is 1.71. The van der Waals surface area contributed by atoms with Crippen molar-refractivity contribution in [3.8, 4) is 0 Å². The molecule has 1 aromatic carbocycles. The molecule has 0 aliphatic heterocycles. The van der Waals surface area contributed by atoms with Crippen molar-refractivity contribution in [3.05, 3.63) is 41.2 Å². The molecule has 1 aromatic rings. The van der Waals surface area contributed by atoms with Gasteiger partial charge in [0.15, 0.2) is 0 Å². The van der Waals surface area contributed by atoms with Gasteiger partial charge in [-0.1, -0.05) is 34.1 Å². The fourth-order valence-corrected chi connectivity index (χ4v) is 1.20. The van der Waals surface area contributed by atoms with Crippen LogP contribution < -0.4 is 0 Å². The van der Waals surface area contributed by atoms with Crippen molar-refractivity contribution in [1.29, 1.82) is 0 Å². The standard InChI is InChI=1S/C10H7BrF4/c11-5-1-2-7-3-4-8(6-9(7)12)10(13,14)15/h1-4,6H,5H2. The molecule has 0 N–H and O–H groups in total. The highest BCUT2D eigenvalue weighted by atomic mass is 79.9. The average Bonchev–Trinajstić information content (AvgIpc) is 2.14. The number of halogens is 5. The van der Waals surface area contributed by atoms with Crippen LogP contribution in [0, 0.1) is 5.82 Å². The van der Waals surface area contributed by atoms with E-state index >= 15 is 0 Å². The Balaban J connectivity index is 3.04. The molecule has 0 saturated heterocycles. The molecule has 15 heavy (non-hydrogen) atoms. The Morgan fingerprint density at radius 3 is 2.40 bits per heavy atom. The molecule has 0 fully saturated rings. The fourth-order valence-electron chi connectivity index (χ4n) is 1.01. The number of hydrogen-bond donors (Lipinski definition) is 0. The van der Waals surface area contributed by atoms with Crippen LogP contribution in [0.15, 0.2) is 24.3 Å². The molecule has 0 nitrogen and oxygen atoms in total. The zero-order valence-corrected chi connectivity index (χ0v) is 9.07. The van der Waals surface area contributed by atoms with Gasteiger partial charge in [-0.25, -0.2) is 4.39 Å². The Morgan fingerprint density at radius 2 is 1.93 bits per heavy atom. The van der Waals surface area contributed by atoms with Gasteiger partial charge in [-0.2, -0.15) is 13.2 Å². The maximum atomic E-state index is 13.1. The molecule has 0 unspecified atom stereocenters. The molecule has 0 atom stereocenters. The molecule has 0 radical (unpaired) electrons. The van der Waals surface area contributed by atoms with Gasteiger partial charge in [-0.05, 0) is 12.1 Å². The van der Waals surface area contributed by atoms with Crippen molar-refractivity contribution in [2.45, 2.75) is 6.18 Å². The Morgan fingerprint density at radius 1 is 1.27 bits per heavy atom. The molecule has 0 amide bonds. The van der Waals surface area contributed by atoms with Crippen molar-refractivity contribution >= 4 is 22.0 Å². The van der Waals surface area contributed by atoms with E-state index in [0.29, 0.717) is 11.4 Å². The monoisotopic (exact) mass is 282 g/mol. The molecule has 0 aromatic heterocycles. The Hall–Kier alpha value is -0.840. The van der Waals surface area contributed by atoms with Gasteiger partial charge in [0.1, 0.15) is 5.82 Å². The van der Waals surface area contributed by atoms with Gasteiger partial charge in [0, 0.05) is 10.9 Å². The normalized spacial score (nSPS) is 12.3. The molecule has 0 bridgehead atoms. The molecule has 82 valence electrons. The van der Waals surface area contributed by atoms with E-state index in [2.05, 4.69) is 15.9 Å². The maximum absolute atomic E-state index is 13.1. The number of alkyl halides is 4. The van der Waals surface area contributed by atoms with Gasteiger partial charge in [-0.15, -0.1) is 0 Å². The molecule has 0 spiro atoms. The van der Waals surface area contributed by atoms with Crippen LogP contribution >= 0.6 is 15.9 Å². The molecular formula is C10H7BrF4. The van der Waals surface area contributed by atoms with Crippen molar-refractivity contribution in [1.82, 2.24) is 0 Å². The SMILES string of the molecule is Fc1cc(C(F)(F)F)ccc1C=CCBr. The first kappa shape index (κ1) is 12.2. The van der Waals surface area contributed by atoms with Gasteiger partial charge < -0.3 is 0 Å². The van der Waals surface area contributed by atoms with Crippen molar-refractivity contribution in [3.63, 3.8) is 0 Å². The summed E-state index contributed by atoms with van der Waals surface area (Å²) >= 11 is 3.09. The van der Waals surface area contributed by atoms with Crippen LogP contribution in [0.3, 0.4) is 0 Å². The minimum Gasteiger partial charge on any atom is -0.206 e. The lowest BCUT2D eigenvalue weighted by Crippen LogP contribution is -2.05. The second kappa shape index (κ2) is 4.79.